The predicted molar refractivity (Wildman–Crippen MR) is 78.8 cm³/mol. The van der Waals surface area contributed by atoms with Gasteiger partial charge in [0.2, 0.25) is 0 Å². The highest BCUT2D eigenvalue weighted by atomic mass is 35.5. The van der Waals surface area contributed by atoms with Crippen molar-refractivity contribution in [3.05, 3.63) is 46.5 Å². The molecule has 0 bridgehead atoms. The Morgan fingerprint density at radius 3 is 2.85 bits per heavy atom. The number of hydrogen-bond donors (Lipinski definition) is 1. The van der Waals surface area contributed by atoms with E-state index in [4.69, 9.17) is 11.6 Å². The van der Waals surface area contributed by atoms with Gasteiger partial charge < -0.3 is 10.0 Å². The smallest absolute Gasteiger partial charge is 0.122 e. The molecule has 20 heavy (non-hydrogen) atoms. The summed E-state index contributed by atoms with van der Waals surface area (Å²) in [5.74, 6) is 0. The lowest BCUT2D eigenvalue weighted by molar-refractivity contribution is 0.205. The lowest BCUT2D eigenvalue weighted by atomic mass is 10.1. The molecule has 0 aliphatic heterocycles. The fourth-order valence-corrected chi connectivity index (χ4v) is 2.26. The molecule has 108 valence electrons. The number of likely N-dealkylation sites (N-methyl/N-ethyl adjacent to an activating group) is 1. The third kappa shape index (κ3) is 3.36. The first kappa shape index (κ1) is 15.0. The predicted octanol–water partition coefficient (Wildman–Crippen LogP) is 1.88. The van der Waals surface area contributed by atoms with Crippen LogP contribution >= 0.6 is 11.6 Å². The highest BCUT2D eigenvalue weighted by Crippen LogP contribution is 2.28. The molecule has 0 radical (unpaired) electrons. The first-order valence-corrected chi connectivity index (χ1v) is 6.83. The topological polar surface area (TPSA) is 54.2 Å². The largest absolute Gasteiger partial charge is 0.382 e. The number of aliphatic hydroxyl groups excluding tert-OH is 1. The SMILES string of the molecule is Cc1cc(C(O)c2c(Cl)cnn2CCN(C)C)ccn1. The fraction of sp³-hybridized carbons (Fsp3) is 0.429. The molecule has 0 amide bonds. The van der Waals surface area contributed by atoms with Crippen LogP contribution in [0.5, 0.6) is 0 Å². The minimum Gasteiger partial charge on any atom is -0.382 e. The van der Waals surface area contributed by atoms with Gasteiger partial charge >= 0.3 is 0 Å². The van der Waals surface area contributed by atoms with Crippen molar-refractivity contribution < 1.29 is 5.11 Å². The maximum Gasteiger partial charge on any atom is 0.122 e. The molecule has 0 aliphatic rings. The Kier molecular flexibility index (Phi) is 4.75. The third-order valence-corrected chi connectivity index (χ3v) is 3.38. The number of rotatable bonds is 5. The van der Waals surface area contributed by atoms with E-state index in [1.54, 1.807) is 23.1 Å². The second-order valence-electron chi connectivity index (χ2n) is 5.04. The van der Waals surface area contributed by atoms with Gasteiger partial charge in [0.1, 0.15) is 6.10 Å². The maximum atomic E-state index is 10.5. The summed E-state index contributed by atoms with van der Waals surface area (Å²) in [7, 11) is 3.99. The van der Waals surface area contributed by atoms with Crippen LogP contribution in [-0.2, 0) is 6.54 Å². The Morgan fingerprint density at radius 2 is 2.20 bits per heavy atom. The van der Waals surface area contributed by atoms with E-state index in [1.165, 1.54) is 0 Å². The summed E-state index contributed by atoms with van der Waals surface area (Å²) < 4.78 is 1.75. The number of pyridine rings is 1. The zero-order chi connectivity index (χ0) is 14.7. The molecular weight excluding hydrogens is 276 g/mol. The lowest BCUT2D eigenvalue weighted by Gasteiger charge is -2.16. The minimum absolute atomic E-state index is 0.478. The molecule has 0 aromatic carbocycles. The molecule has 2 rings (SSSR count). The van der Waals surface area contributed by atoms with Crippen molar-refractivity contribution in [2.45, 2.75) is 19.6 Å². The Bertz CT molecular complexity index is 582. The third-order valence-electron chi connectivity index (χ3n) is 3.09. The average molecular weight is 295 g/mol. The van der Waals surface area contributed by atoms with Gasteiger partial charge in [-0.25, -0.2) is 0 Å². The molecule has 1 unspecified atom stereocenters. The standard InChI is InChI=1S/C14H19ClN4O/c1-10-8-11(4-5-16-10)14(20)13-12(15)9-17-19(13)7-6-18(2)3/h4-5,8-9,14,20H,6-7H2,1-3H3. The van der Waals surface area contributed by atoms with E-state index in [0.29, 0.717) is 17.3 Å². The first-order chi connectivity index (χ1) is 9.49. The summed E-state index contributed by atoms with van der Waals surface area (Å²) in [6, 6.07) is 3.64. The van der Waals surface area contributed by atoms with E-state index in [1.807, 2.05) is 27.1 Å². The summed E-state index contributed by atoms with van der Waals surface area (Å²) in [6.07, 6.45) is 2.46. The molecule has 0 aliphatic carbocycles. The molecule has 1 atom stereocenters. The lowest BCUT2D eigenvalue weighted by Crippen LogP contribution is -2.21. The average Bonchev–Trinajstić information content (AvgIpc) is 2.76. The van der Waals surface area contributed by atoms with Gasteiger partial charge in [-0.1, -0.05) is 11.6 Å². The van der Waals surface area contributed by atoms with E-state index in [0.717, 1.165) is 17.8 Å². The van der Waals surface area contributed by atoms with Crippen molar-refractivity contribution in [2.75, 3.05) is 20.6 Å². The molecule has 2 heterocycles. The van der Waals surface area contributed by atoms with Crippen molar-refractivity contribution in [2.24, 2.45) is 0 Å². The van der Waals surface area contributed by atoms with Gasteiger partial charge in [0.15, 0.2) is 0 Å². The zero-order valence-corrected chi connectivity index (χ0v) is 12.7. The van der Waals surface area contributed by atoms with Gasteiger partial charge in [0.25, 0.3) is 0 Å². The van der Waals surface area contributed by atoms with Crippen LogP contribution in [0.2, 0.25) is 5.02 Å². The number of nitrogens with zero attached hydrogens (tertiary/aromatic N) is 4. The molecule has 5 nitrogen and oxygen atoms in total. The van der Waals surface area contributed by atoms with Crippen molar-refractivity contribution in [1.29, 1.82) is 0 Å². The molecule has 6 heteroatoms. The first-order valence-electron chi connectivity index (χ1n) is 6.45. The van der Waals surface area contributed by atoms with Gasteiger partial charge in [-0.15, -0.1) is 0 Å². The van der Waals surface area contributed by atoms with Crippen molar-refractivity contribution in [3.63, 3.8) is 0 Å². The molecule has 2 aromatic heterocycles. The Hall–Kier alpha value is -1.43. The van der Waals surface area contributed by atoms with E-state index in [9.17, 15) is 5.11 Å². The second-order valence-corrected chi connectivity index (χ2v) is 5.44. The van der Waals surface area contributed by atoms with Crippen LogP contribution in [0.25, 0.3) is 0 Å². The molecule has 1 N–H and O–H groups in total. The molecule has 2 aromatic rings. The summed E-state index contributed by atoms with van der Waals surface area (Å²) in [5, 5.41) is 15.3. The quantitative estimate of drug-likeness (QED) is 0.915. The Balaban J connectivity index is 2.29. The van der Waals surface area contributed by atoms with Crippen molar-refractivity contribution in [3.8, 4) is 0 Å². The van der Waals surface area contributed by atoms with Gasteiger partial charge in [-0.3, -0.25) is 9.67 Å². The van der Waals surface area contributed by atoms with E-state index >= 15 is 0 Å². The summed E-state index contributed by atoms with van der Waals surface area (Å²) in [5.41, 5.74) is 2.25. The normalized spacial score (nSPS) is 12.9. The van der Waals surface area contributed by atoms with Gasteiger partial charge in [-0.05, 0) is 38.7 Å². The summed E-state index contributed by atoms with van der Waals surface area (Å²) in [6.45, 7) is 3.39. The van der Waals surface area contributed by atoms with Crippen LogP contribution in [0.4, 0.5) is 0 Å². The second kappa shape index (κ2) is 6.35. The van der Waals surface area contributed by atoms with E-state index in [-0.39, 0.29) is 0 Å². The van der Waals surface area contributed by atoms with Crippen LogP contribution in [0.15, 0.2) is 24.5 Å². The fourth-order valence-electron chi connectivity index (χ4n) is 2.01. The minimum atomic E-state index is -0.797. The highest BCUT2D eigenvalue weighted by molar-refractivity contribution is 6.31. The van der Waals surface area contributed by atoms with Gasteiger partial charge in [-0.2, -0.15) is 5.10 Å². The number of hydrogen-bond acceptors (Lipinski definition) is 4. The summed E-state index contributed by atoms with van der Waals surface area (Å²) >= 11 is 6.17. The van der Waals surface area contributed by atoms with E-state index in [2.05, 4.69) is 15.0 Å². The van der Waals surface area contributed by atoms with Crippen LogP contribution in [0, 0.1) is 6.92 Å². The highest BCUT2D eigenvalue weighted by Gasteiger charge is 2.20. The van der Waals surface area contributed by atoms with Crippen molar-refractivity contribution >= 4 is 11.6 Å². The molecular formula is C14H19ClN4O. The number of aromatic nitrogens is 3. The summed E-state index contributed by atoms with van der Waals surface area (Å²) in [4.78, 5) is 6.19. The van der Waals surface area contributed by atoms with Gasteiger partial charge in [0.05, 0.1) is 23.5 Å². The van der Waals surface area contributed by atoms with Crippen molar-refractivity contribution in [1.82, 2.24) is 19.7 Å². The van der Waals surface area contributed by atoms with Crippen LogP contribution < -0.4 is 0 Å². The number of aliphatic hydroxyl groups is 1. The molecule has 0 fully saturated rings. The van der Waals surface area contributed by atoms with Crippen LogP contribution in [0.1, 0.15) is 23.1 Å². The van der Waals surface area contributed by atoms with Gasteiger partial charge in [0, 0.05) is 18.4 Å². The maximum absolute atomic E-state index is 10.5. The van der Waals surface area contributed by atoms with Crippen LogP contribution in [0.3, 0.4) is 0 Å². The zero-order valence-electron chi connectivity index (χ0n) is 11.9. The number of aryl methyl sites for hydroxylation is 1. The number of halogens is 1. The molecule has 0 spiro atoms. The van der Waals surface area contributed by atoms with Crippen LogP contribution in [-0.4, -0.2) is 45.4 Å². The Labute approximate surface area is 123 Å². The molecule has 0 saturated carbocycles. The van der Waals surface area contributed by atoms with E-state index < -0.39 is 6.10 Å². The Morgan fingerprint density at radius 1 is 1.45 bits per heavy atom. The monoisotopic (exact) mass is 294 g/mol. The molecule has 0 saturated heterocycles.